The predicted molar refractivity (Wildman–Crippen MR) is 102 cm³/mol. The van der Waals surface area contributed by atoms with Gasteiger partial charge in [-0.1, -0.05) is 58.4 Å². The molecule has 0 amide bonds. The van der Waals surface area contributed by atoms with Gasteiger partial charge in [-0.25, -0.2) is 0 Å². The standard InChI is InChI=1S/C17H20ClNS.C2H6/c1-12-11-14(18)7-10-16(12)19-20-15-8-5-13(6-9-15)17(2,3)4;1-2/h5-11,19H,1-4H3;1-2H3. The Morgan fingerprint density at radius 1 is 0.955 bits per heavy atom. The number of benzene rings is 2. The molecule has 2 aromatic rings. The van der Waals surface area contributed by atoms with Gasteiger partial charge in [0.15, 0.2) is 0 Å². The van der Waals surface area contributed by atoms with Crippen molar-refractivity contribution in [1.82, 2.24) is 0 Å². The van der Waals surface area contributed by atoms with Crippen LogP contribution < -0.4 is 4.72 Å². The summed E-state index contributed by atoms with van der Waals surface area (Å²) < 4.78 is 3.37. The van der Waals surface area contributed by atoms with E-state index in [1.54, 1.807) is 11.9 Å². The quantitative estimate of drug-likeness (QED) is 0.601. The van der Waals surface area contributed by atoms with Crippen molar-refractivity contribution < 1.29 is 0 Å². The SMILES string of the molecule is CC.Cc1cc(Cl)ccc1NSc1ccc(C(C)(C)C)cc1. The van der Waals surface area contributed by atoms with Crippen LogP contribution in [0.5, 0.6) is 0 Å². The van der Waals surface area contributed by atoms with E-state index in [-0.39, 0.29) is 5.41 Å². The predicted octanol–water partition coefficient (Wildman–Crippen LogP) is 7.09. The normalized spacial score (nSPS) is 10.7. The molecule has 0 fully saturated rings. The van der Waals surface area contributed by atoms with Crippen LogP contribution >= 0.6 is 23.5 Å². The second-order valence-corrected chi connectivity index (χ2v) is 7.25. The summed E-state index contributed by atoms with van der Waals surface area (Å²) in [4.78, 5) is 1.20. The van der Waals surface area contributed by atoms with Gasteiger partial charge in [0.05, 0.1) is 0 Å². The van der Waals surface area contributed by atoms with Gasteiger partial charge in [0.25, 0.3) is 0 Å². The summed E-state index contributed by atoms with van der Waals surface area (Å²) in [6.45, 7) is 12.7. The van der Waals surface area contributed by atoms with Gasteiger partial charge in [0.2, 0.25) is 0 Å². The maximum Gasteiger partial charge on any atom is 0.0473 e. The zero-order valence-corrected chi connectivity index (χ0v) is 15.9. The lowest BCUT2D eigenvalue weighted by atomic mass is 9.87. The third-order valence-electron chi connectivity index (χ3n) is 3.19. The van der Waals surface area contributed by atoms with Crippen LogP contribution in [0.2, 0.25) is 5.02 Å². The van der Waals surface area contributed by atoms with E-state index < -0.39 is 0 Å². The monoisotopic (exact) mass is 335 g/mol. The van der Waals surface area contributed by atoms with Crippen molar-refractivity contribution in [3.8, 4) is 0 Å². The molecule has 3 heteroatoms. The molecule has 120 valence electrons. The van der Waals surface area contributed by atoms with Gasteiger partial charge in [-0.05, 0) is 65.7 Å². The van der Waals surface area contributed by atoms with Gasteiger partial charge in [-0.15, -0.1) is 0 Å². The third kappa shape index (κ3) is 5.58. The Labute approximate surface area is 144 Å². The Kier molecular flexibility index (Phi) is 7.31. The first-order valence-electron chi connectivity index (χ1n) is 7.66. The molecule has 0 atom stereocenters. The Morgan fingerprint density at radius 2 is 1.55 bits per heavy atom. The van der Waals surface area contributed by atoms with Gasteiger partial charge in [0, 0.05) is 15.6 Å². The van der Waals surface area contributed by atoms with Crippen LogP contribution in [0, 0.1) is 6.92 Å². The summed E-state index contributed by atoms with van der Waals surface area (Å²) in [5.41, 5.74) is 3.80. The molecule has 0 aliphatic rings. The number of hydrogen-bond acceptors (Lipinski definition) is 2. The highest BCUT2D eigenvalue weighted by atomic mass is 35.5. The molecule has 0 saturated heterocycles. The van der Waals surface area contributed by atoms with E-state index in [2.05, 4.69) is 56.7 Å². The highest BCUT2D eigenvalue weighted by Crippen LogP contribution is 2.28. The summed E-state index contributed by atoms with van der Waals surface area (Å²) in [5, 5.41) is 0.771. The number of rotatable bonds is 3. The lowest BCUT2D eigenvalue weighted by Gasteiger charge is -2.19. The highest BCUT2D eigenvalue weighted by Gasteiger charge is 2.12. The number of halogens is 1. The van der Waals surface area contributed by atoms with Crippen LogP contribution in [-0.4, -0.2) is 0 Å². The summed E-state index contributed by atoms with van der Waals surface area (Å²) >= 11 is 7.58. The van der Waals surface area contributed by atoms with E-state index >= 15 is 0 Å². The molecule has 0 bridgehead atoms. The zero-order valence-electron chi connectivity index (χ0n) is 14.3. The van der Waals surface area contributed by atoms with Crippen molar-refractivity contribution in [2.45, 2.75) is 51.9 Å². The molecule has 0 aliphatic carbocycles. The molecule has 0 radical (unpaired) electrons. The fraction of sp³-hybridized carbons (Fsp3) is 0.368. The van der Waals surface area contributed by atoms with Crippen LogP contribution in [-0.2, 0) is 5.41 Å². The van der Waals surface area contributed by atoms with Crippen molar-refractivity contribution >= 4 is 29.2 Å². The Hall–Kier alpha value is -1.12. The van der Waals surface area contributed by atoms with Crippen molar-refractivity contribution in [3.63, 3.8) is 0 Å². The highest BCUT2D eigenvalue weighted by molar-refractivity contribution is 8.00. The molecule has 1 N–H and O–H groups in total. The summed E-state index contributed by atoms with van der Waals surface area (Å²) in [5.74, 6) is 0. The number of hydrogen-bond donors (Lipinski definition) is 1. The first kappa shape index (κ1) is 18.9. The number of aryl methyl sites for hydroxylation is 1. The Morgan fingerprint density at radius 3 is 2.05 bits per heavy atom. The maximum atomic E-state index is 5.96. The van der Waals surface area contributed by atoms with Crippen LogP contribution in [0.1, 0.15) is 45.7 Å². The number of anilines is 1. The molecule has 0 saturated carbocycles. The third-order valence-corrected chi connectivity index (χ3v) is 4.25. The van der Waals surface area contributed by atoms with E-state index in [0.717, 1.165) is 16.3 Å². The minimum atomic E-state index is 0.198. The van der Waals surface area contributed by atoms with E-state index in [0.29, 0.717) is 0 Å². The maximum absolute atomic E-state index is 5.96. The Bertz CT molecular complexity index is 585. The van der Waals surface area contributed by atoms with Crippen LogP contribution in [0.3, 0.4) is 0 Å². The first-order valence-corrected chi connectivity index (χ1v) is 8.85. The van der Waals surface area contributed by atoms with Crippen molar-refractivity contribution in [3.05, 3.63) is 58.6 Å². The summed E-state index contributed by atoms with van der Waals surface area (Å²) in [6, 6.07) is 14.6. The topological polar surface area (TPSA) is 12.0 Å². The van der Waals surface area contributed by atoms with Gasteiger partial charge in [0.1, 0.15) is 0 Å². The van der Waals surface area contributed by atoms with Gasteiger partial charge in [-0.3, -0.25) is 0 Å². The molecule has 0 aromatic heterocycles. The average Bonchev–Trinajstić information content (AvgIpc) is 2.48. The van der Waals surface area contributed by atoms with E-state index in [4.69, 9.17) is 11.6 Å². The number of nitrogens with one attached hydrogen (secondary N) is 1. The van der Waals surface area contributed by atoms with Crippen molar-refractivity contribution in [2.75, 3.05) is 4.72 Å². The molecule has 0 heterocycles. The smallest absolute Gasteiger partial charge is 0.0473 e. The van der Waals surface area contributed by atoms with Crippen LogP contribution in [0.25, 0.3) is 0 Å². The lowest BCUT2D eigenvalue weighted by molar-refractivity contribution is 0.590. The second-order valence-electron chi connectivity index (χ2n) is 5.94. The van der Waals surface area contributed by atoms with Gasteiger partial charge in [-0.2, -0.15) is 0 Å². The summed E-state index contributed by atoms with van der Waals surface area (Å²) in [7, 11) is 0. The van der Waals surface area contributed by atoms with E-state index in [1.165, 1.54) is 10.5 Å². The van der Waals surface area contributed by atoms with E-state index in [1.807, 2.05) is 32.0 Å². The molecule has 2 aromatic carbocycles. The molecule has 0 spiro atoms. The molecular formula is C19H26ClNS. The molecule has 0 aliphatic heterocycles. The second kappa shape index (κ2) is 8.50. The molecule has 2 rings (SSSR count). The van der Waals surface area contributed by atoms with Crippen molar-refractivity contribution in [1.29, 1.82) is 0 Å². The molecular weight excluding hydrogens is 310 g/mol. The van der Waals surface area contributed by atoms with Crippen LogP contribution in [0.4, 0.5) is 5.69 Å². The fourth-order valence-corrected chi connectivity index (χ4v) is 2.83. The summed E-state index contributed by atoms with van der Waals surface area (Å²) in [6.07, 6.45) is 0. The molecule has 22 heavy (non-hydrogen) atoms. The van der Waals surface area contributed by atoms with Crippen molar-refractivity contribution in [2.24, 2.45) is 0 Å². The zero-order chi connectivity index (χ0) is 16.8. The largest absolute Gasteiger partial charge is 0.325 e. The van der Waals surface area contributed by atoms with E-state index in [9.17, 15) is 0 Å². The molecule has 1 nitrogen and oxygen atoms in total. The first-order chi connectivity index (χ1) is 10.4. The minimum absolute atomic E-state index is 0.198. The Balaban J connectivity index is 0.00000116. The average molecular weight is 336 g/mol. The fourth-order valence-electron chi connectivity index (χ4n) is 1.88. The lowest BCUT2D eigenvalue weighted by Crippen LogP contribution is -2.10. The molecule has 0 unspecified atom stereocenters. The van der Waals surface area contributed by atoms with Crippen LogP contribution in [0.15, 0.2) is 47.4 Å². The van der Waals surface area contributed by atoms with Gasteiger partial charge < -0.3 is 4.72 Å². The minimum Gasteiger partial charge on any atom is -0.325 e. The van der Waals surface area contributed by atoms with Gasteiger partial charge >= 0.3 is 0 Å².